The Morgan fingerprint density at radius 1 is 1.58 bits per heavy atom. The van der Waals surface area contributed by atoms with E-state index in [9.17, 15) is 4.79 Å². The summed E-state index contributed by atoms with van der Waals surface area (Å²) in [5.41, 5.74) is 0.601. The van der Waals surface area contributed by atoms with Crippen molar-refractivity contribution in [3.63, 3.8) is 0 Å². The number of nitrogens with one attached hydrogen (secondary N) is 1. The van der Waals surface area contributed by atoms with E-state index < -0.39 is 0 Å². The smallest absolute Gasteiger partial charge is 0.264 e. The molecule has 2 rings (SSSR count). The molecule has 2 heterocycles. The summed E-state index contributed by atoms with van der Waals surface area (Å²) in [5.74, 6) is 0. The highest BCUT2D eigenvalue weighted by Crippen LogP contribution is 2.30. The Morgan fingerprint density at radius 2 is 2.33 bits per heavy atom. The Labute approximate surface area is 85.3 Å². The molecule has 0 fully saturated rings. The SMILES string of the molecule is O=c1[nH]c2ccsc2c(Cl)c1Br. The molecular weight excluding hydrogens is 262 g/mol. The van der Waals surface area contributed by atoms with Crippen LogP contribution < -0.4 is 5.56 Å². The van der Waals surface area contributed by atoms with Crippen molar-refractivity contribution < 1.29 is 0 Å². The fourth-order valence-corrected chi connectivity index (χ4v) is 2.50. The second kappa shape index (κ2) is 2.87. The van der Waals surface area contributed by atoms with Crippen molar-refractivity contribution in [2.24, 2.45) is 0 Å². The van der Waals surface area contributed by atoms with Crippen molar-refractivity contribution in [1.29, 1.82) is 0 Å². The molecular formula is C7H3BrClNOS. The minimum Gasteiger partial charge on any atom is -0.320 e. The summed E-state index contributed by atoms with van der Waals surface area (Å²) in [6.07, 6.45) is 0. The number of hydrogen-bond donors (Lipinski definition) is 1. The van der Waals surface area contributed by atoms with Gasteiger partial charge in [0.05, 0.1) is 15.2 Å². The van der Waals surface area contributed by atoms with Gasteiger partial charge >= 0.3 is 0 Å². The normalized spacial score (nSPS) is 10.8. The lowest BCUT2D eigenvalue weighted by Crippen LogP contribution is -2.05. The number of hydrogen-bond acceptors (Lipinski definition) is 2. The molecule has 0 saturated heterocycles. The molecule has 0 spiro atoms. The number of fused-ring (bicyclic) bond motifs is 1. The van der Waals surface area contributed by atoms with Gasteiger partial charge in [0.15, 0.2) is 0 Å². The second-order valence-electron chi connectivity index (χ2n) is 2.25. The predicted molar refractivity (Wildman–Crippen MR) is 55.2 cm³/mol. The molecule has 2 aromatic heterocycles. The van der Waals surface area contributed by atoms with Crippen molar-refractivity contribution in [2.45, 2.75) is 0 Å². The molecule has 5 heteroatoms. The molecule has 0 aromatic carbocycles. The molecule has 0 bridgehead atoms. The molecule has 2 nitrogen and oxygen atoms in total. The van der Waals surface area contributed by atoms with Crippen molar-refractivity contribution in [3.05, 3.63) is 31.3 Å². The van der Waals surface area contributed by atoms with Crippen LogP contribution in [0.25, 0.3) is 10.2 Å². The van der Waals surface area contributed by atoms with E-state index in [4.69, 9.17) is 11.6 Å². The van der Waals surface area contributed by atoms with Gasteiger partial charge in [0.2, 0.25) is 0 Å². The van der Waals surface area contributed by atoms with Crippen LogP contribution in [-0.2, 0) is 0 Å². The van der Waals surface area contributed by atoms with E-state index in [1.165, 1.54) is 11.3 Å². The molecule has 0 saturated carbocycles. The zero-order chi connectivity index (χ0) is 8.72. The lowest BCUT2D eigenvalue weighted by Gasteiger charge is -1.95. The van der Waals surface area contributed by atoms with Gasteiger partial charge in [-0.15, -0.1) is 11.3 Å². The van der Waals surface area contributed by atoms with Gasteiger partial charge in [-0.25, -0.2) is 0 Å². The molecule has 0 atom stereocenters. The second-order valence-corrected chi connectivity index (χ2v) is 4.33. The third kappa shape index (κ3) is 1.11. The Kier molecular flexibility index (Phi) is 1.98. The number of H-pyrrole nitrogens is 1. The first-order chi connectivity index (χ1) is 5.70. The molecule has 2 aromatic rings. The summed E-state index contributed by atoms with van der Waals surface area (Å²) in [6.45, 7) is 0. The summed E-state index contributed by atoms with van der Waals surface area (Å²) in [6, 6.07) is 1.83. The van der Waals surface area contributed by atoms with Crippen LogP contribution in [0.1, 0.15) is 0 Å². The lowest BCUT2D eigenvalue weighted by molar-refractivity contribution is 1.29. The maximum absolute atomic E-state index is 11.2. The van der Waals surface area contributed by atoms with Crippen LogP contribution in [0, 0.1) is 0 Å². The fourth-order valence-electron chi connectivity index (χ4n) is 0.954. The number of rotatable bonds is 0. The standard InChI is InChI=1S/C7H3BrClNOS/c8-4-5(9)6-3(1-2-12-6)10-7(4)11/h1-2H,(H,10,11). The topological polar surface area (TPSA) is 32.9 Å². The van der Waals surface area contributed by atoms with Gasteiger partial charge in [0.1, 0.15) is 4.47 Å². The van der Waals surface area contributed by atoms with Crippen LogP contribution in [-0.4, -0.2) is 4.98 Å². The molecule has 0 aliphatic rings. The summed E-state index contributed by atoms with van der Waals surface area (Å²) in [7, 11) is 0. The first-order valence-electron chi connectivity index (χ1n) is 3.14. The number of pyridine rings is 1. The van der Waals surface area contributed by atoms with Crippen LogP contribution >= 0.6 is 38.9 Å². The first kappa shape index (κ1) is 8.29. The zero-order valence-corrected chi connectivity index (χ0v) is 8.89. The molecule has 0 aliphatic carbocycles. The van der Waals surface area contributed by atoms with E-state index in [2.05, 4.69) is 20.9 Å². The van der Waals surface area contributed by atoms with E-state index in [-0.39, 0.29) is 5.56 Å². The largest absolute Gasteiger partial charge is 0.320 e. The van der Waals surface area contributed by atoms with Crippen molar-refractivity contribution in [1.82, 2.24) is 4.98 Å². The highest BCUT2D eigenvalue weighted by atomic mass is 79.9. The maximum Gasteiger partial charge on any atom is 0.264 e. The average Bonchev–Trinajstić information content (AvgIpc) is 2.48. The van der Waals surface area contributed by atoms with Crippen LogP contribution in [0.15, 0.2) is 20.7 Å². The molecule has 62 valence electrons. The summed E-state index contributed by atoms with van der Waals surface area (Å²) in [4.78, 5) is 13.9. The number of aromatic amines is 1. The van der Waals surface area contributed by atoms with Crippen LogP contribution in [0.4, 0.5) is 0 Å². The highest BCUT2D eigenvalue weighted by Gasteiger charge is 2.08. The van der Waals surface area contributed by atoms with Gasteiger partial charge in [0.25, 0.3) is 5.56 Å². The van der Waals surface area contributed by atoms with Gasteiger partial charge in [-0.05, 0) is 27.4 Å². The minimum atomic E-state index is -0.189. The van der Waals surface area contributed by atoms with Gasteiger partial charge in [0, 0.05) is 0 Å². The van der Waals surface area contributed by atoms with Crippen LogP contribution in [0.3, 0.4) is 0 Å². The number of halogens is 2. The van der Waals surface area contributed by atoms with Crippen molar-refractivity contribution >= 4 is 49.1 Å². The lowest BCUT2D eigenvalue weighted by atomic mass is 10.4. The summed E-state index contributed by atoms with van der Waals surface area (Å²) < 4.78 is 1.31. The van der Waals surface area contributed by atoms with Gasteiger partial charge in [-0.3, -0.25) is 4.79 Å². The van der Waals surface area contributed by atoms with E-state index in [1.54, 1.807) is 0 Å². The predicted octanol–water partition coefficient (Wildman–Crippen LogP) is 3.01. The molecule has 0 radical (unpaired) electrons. The first-order valence-corrected chi connectivity index (χ1v) is 5.19. The molecule has 0 unspecified atom stereocenters. The van der Waals surface area contributed by atoms with Crippen LogP contribution in [0.2, 0.25) is 5.02 Å². The fraction of sp³-hybridized carbons (Fsp3) is 0. The average molecular weight is 265 g/mol. The Hall–Kier alpha value is -0.320. The van der Waals surface area contributed by atoms with E-state index in [1.807, 2.05) is 11.4 Å². The molecule has 0 amide bonds. The van der Waals surface area contributed by atoms with Crippen LogP contribution in [0.5, 0.6) is 0 Å². The quantitative estimate of drug-likeness (QED) is 0.779. The summed E-state index contributed by atoms with van der Waals surface area (Å²) in [5, 5.41) is 2.38. The summed E-state index contributed by atoms with van der Waals surface area (Å²) >= 11 is 10.5. The Balaban J connectivity index is 3.04. The number of thiophene rings is 1. The minimum absolute atomic E-state index is 0.189. The monoisotopic (exact) mass is 263 g/mol. The van der Waals surface area contributed by atoms with Crippen molar-refractivity contribution in [2.75, 3.05) is 0 Å². The Bertz CT molecular complexity index is 490. The van der Waals surface area contributed by atoms with E-state index >= 15 is 0 Å². The highest BCUT2D eigenvalue weighted by molar-refractivity contribution is 9.10. The third-order valence-corrected chi connectivity index (χ3v) is 3.91. The van der Waals surface area contributed by atoms with Gasteiger partial charge in [-0.1, -0.05) is 11.6 Å². The van der Waals surface area contributed by atoms with E-state index in [0.717, 1.165) is 10.2 Å². The van der Waals surface area contributed by atoms with Gasteiger partial charge < -0.3 is 4.98 Å². The molecule has 0 aliphatic heterocycles. The molecule has 12 heavy (non-hydrogen) atoms. The third-order valence-electron chi connectivity index (χ3n) is 1.50. The van der Waals surface area contributed by atoms with E-state index in [0.29, 0.717) is 9.50 Å². The molecule has 1 N–H and O–H groups in total. The van der Waals surface area contributed by atoms with Gasteiger partial charge in [-0.2, -0.15) is 0 Å². The van der Waals surface area contributed by atoms with Crippen molar-refractivity contribution in [3.8, 4) is 0 Å². The zero-order valence-electron chi connectivity index (χ0n) is 5.73. The maximum atomic E-state index is 11.2. The number of aromatic nitrogens is 1. The Morgan fingerprint density at radius 3 is 3.08 bits per heavy atom.